The Morgan fingerprint density at radius 1 is 1.14 bits per heavy atom. The molecule has 1 aliphatic rings. The highest BCUT2D eigenvalue weighted by atomic mass is 32.2. The summed E-state index contributed by atoms with van der Waals surface area (Å²) in [5.74, 6) is -0.430. The zero-order chi connectivity index (χ0) is 21.1. The molecule has 0 aromatic heterocycles. The number of benzene rings is 1. The van der Waals surface area contributed by atoms with Crippen molar-refractivity contribution in [1.29, 1.82) is 0 Å². The Balaban J connectivity index is 1.83. The molecule has 2 amide bonds. The van der Waals surface area contributed by atoms with Crippen LogP contribution in [0.25, 0.3) is 0 Å². The van der Waals surface area contributed by atoms with Crippen molar-refractivity contribution in [3.63, 3.8) is 0 Å². The Labute approximate surface area is 168 Å². The van der Waals surface area contributed by atoms with Gasteiger partial charge in [0.2, 0.25) is 15.9 Å². The second-order valence-corrected chi connectivity index (χ2v) is 10.4. The van der Waals surface area contributed by atoms with Gasteiger partial charge in [-0.05, 0) is 36.0 Å². The maximum absolute atomic E-state index is 12.4. The van der Waals surface area contributed by atoms with Gasteiger partial charge in [-0.3, -0.25) is 9.59 Å². The van der Waals surface area contributed by atoms with E-state index < -0.39 is 10.0 Å². The number of carbonyl (C=O) groups is 2. The maximum atomic E-state index is 12.4. The molecule has 0 saturated carbocycles. The minimum Gasteiger partial charge on any atom is -0.343 e. The van der Waals surface area contributed by atoms with Crippen molar-refractivity contribution in [2.45, 2.75) is 45.1 Å². The molecule has 1 aromatic carbocycles. The van der Waals surface area contributed by atoms with Crippen LogP contribution in [0, 0.1) is 0 Å². The van der Waals surface area contributed by atoms with Gasteiger partial charge in [0.1, 0.15) is 0 Å². The minimum absolute atomic E-state index is 0.0161. The fraction of sp³-hybridized carbons (Fsp3) is 0.600. The van der Waals surface area contributed by atoms with Crippen molar-refractivity contribution < 1.29 is 18.0 Å². The molecule has 0 spiro atoms. The third-order valence-electron chi connectivity index (χ3n) is 5.27. The Morgan fingerprint density at radius 2 is 1.68 bits per heavy atom. The van der Waals surface area contributed by atoms with Gasteiger partial charge in [0.05, 0.1) is 12.8 Å². The molecule has 1 N–H and O–H groups in total. The number of sulfonamides is 1. The summed E-state index contributed by atoms with van der Waals surface area (Å²) < 4.78 is 24.6. The third-order valence-corrected chi connectivity index (χ3v) is 6.61. The molecule has 0 aliphatic carbocycles. The molecule has 1 fully saturated rings. The lowest BCUT2D eigenvalue weighted by Crippen LogP contribution is -2.49. The van der Waals surface area contributed by atoms with Crippen molar-refractivity contribution in [2.75, 3.05) is 32.9 Å². The van der Waals surface area contributed by atoms with E-state index in [0.717, 1.165) is 5.56 Å². The topological polar surface area (TPSA) is 86.8 Å². The van der Waals surface area contributed by atoms with E-state index in [-0.39, 0.29) is 29.8 Å². The minimum atomic E-state index is -3.23. The van der Waals surface area contributed by atoms with Crippen LogP contribution in [0.15, 0.2) is 24.3 Å². The average Bonchev–Trinajstić information content (AvgIpc) is 2.64. The van der Waals surface area contributed by atoms with Crippen LogP contribution in [-0.4, -0.2) is 68.4 Å². The summed E-state index contributed by atoms with van der Waals surface area (Å²) in [7, 11) is -1.66. The van der Waals surface area contributed by atoms with Crippen LogP contribution in [0.2, 0.25) is 0 Å². The van der Waals surface area contributed by atoms with Crippen molar-refractivity contribution >= 4 is 21.8 Å². The van der Waals surface area contributed by atoms with Crippen molar-refractivity contribution in [2.24, 2.45) is 0 Å². The predicted molar refractivity (Wildman–Crippen MR) is 110 cm³/mol. The first-order valence-corrected chi connectivity index (χ1v) is 11.3. The summed E-state index contributed by atoms with van der Waals surface area (Å²) in [5, 5.41) is 2.68. The maximum Gasteiger partial charge on any atom is 0.251 e. The zero-order valence-electron chi connectivity index (χ0n) is 17.4. The van der Waals surface area contributed by atoms with Crippen LogP contribution in [0.1, 0.15) is 49.5 Å². The van der Waals surface area contributed by atoms with Crippen LogP contribution in [0.4, 0.5) is 0 Å². The number of likely N-dealkylation sites (tertiary alicyclic amines) is 1. The van der Waals surface area contributed by atoms with Gasteiger partial charge in [-0.2, -0.15) is 0 Å². The second kappa shape index (κ2) is 8.61. The lowest BCUT2D eigenvalue weighted by atomic mass is 9.87. The molecule has 0 bridgehead atoms. The Hall–Kier alpha value is -1.93. The van der Waals surface area contributed by atoms with Gasteiger partial charge in [0.15, 0.2) is 0 Å². The molecule has 2 rings (SSSR count). The van der Waals surface area contributed by atoms with E-state index in [1.807, 2.05) is 12.1 Å². The fourth-order valence-corrected chi connectivity index (χ4v) is 3.99. The zero-order valence-corrected chi connectivity index (χ0v) is 18.2. The number of rotatable bonds is 5. The first-order valence-electron chi connectivity index (χ1n) is 9.49. The molecule has 1 saturated heterocycles. The van der Waals surface area contributed by atoms with E-state index in [0.29, 0.717) is 31.5 Å². The highest BCUT2D eigenvalue weighted by Gasteiger charge is 2.29. The number of amides is 2. The van der Waals surface area contributed by atoms with Gasteiger partial charge in [-0.15, -0.1) is 0 Å². The van der Waals surface area contributed by atoms with Crippen molar-refractivity contribution in [1.82, 2.24) is 14.5 Å². The predicted octanol–water partition coefficient (Wildman–Crippen LogP) is 1.60. The first kappa shape index (κ1) is 22.4. The fourth-order valence-electron chi connectivity index (χ4n) is 3.24. The molecule has 0 radical (unpaired) electrons. The van der Waals surface area contributed by atoms with E-state index in [1.165, 1.54) is 10.6 Å². The van der Waals surface area contributed by atoms with Crippen molar-refractivity contribution in [3.05, 3.63) is 35.4 Å². The molecular weight excluding hydrogens is 378 g/mol. The standard InChI is InChI=1S/C20H31N3O4S/c1-20(2,3)16-8-6-15(7-9-16)19(25)21-14-18(24)23-12-10-17(11-13-23)22(4)28(5,26)27/h6-9,17H,10-14H2,1-5H3,(H,21,25). The van der Waals surface area contributed by atoms with Gasteiger partial charge in [-0.25, -0.2) is 12.7 Å². The third kappa shape index (κ3) is 5.78. The average molecular weight is 410 g/mol. The van der Waals surface area contributed by atoms with Crippen LogP contribution < -0.4 is 5.32 Å². The molecule has 156 valence electrons. The molecular formula is C20H31N3O4S. The van der Waals surface area contributed by atoms with Crippen LogP contribution >= 0.6 is 0 Å². The van der Waals surface area contributed by atoms with Gasteiger partial charge in [0, 0.05) is 31.7 Å². The molecule has 1 aliphatic heterocycles. The number of nitrogens with zero attached hydrogens (tertiary/aromatic N) is 2. The monoisotopic (exact) mass is 409 g/mol. The van der Waals surface area contributed by atoms with Crippen molar-refractivity contribution in [3.8, 4) is 0 Å². The number of carbonyl (C=O) groups excluding carboxylic acids is 2. The summed E-state index contributed by atoms with van der Waals surface area (Å²) in [6.45, 7) is 7.23. The number of piperidine rings is 1. The summed E-state index contributed by atoms with van der Waals surface area (Å²) >= 11 is 0. The summed E-state index contributed by atoms with van der Waals surface area (Å²) in [5.41, 5.74) is 1.68. The van der Waals surface area contributed by atoms with Gasteiger partial charge in [0.25, 0.3) is 5.91 Å². The van der Waals surface area contributed by atoms with Gasteiger partial charge >= 0.3 is 0 Å². The number of nitrogens with one attached hydrogen (secondary N) is 1. The number of hydrogen-bond acceptors (Lipinski definition) is 4. The molecule has 0 atom stereocenters. The second-order valence-electron chi connectivity index (χ2n) is 8.40. The van der Waals surface area contributed by atoms with Crippen LogP contribution in [-0.2, 0) is 20.2 Å². The Morgan fingerprint density at radius 3 is 2.14 bits per heavy atom. The molecule has 1 aromatic rings. The molecule has 7 nitrogen and oxygen atoms in total. The SMILES string of the molecule is CN(C1CCN(C(=O)CNC(=O)c2ccc(C(C)(C)C)cc2)CC1)S(C)(=O)=O. The summed E-state index contributed by atoms with van der Waals surface area (Å²) in [6.07, 6.45) is 2.38. The van der Waals surface area contributed by atoms with E-state index in [1.54, 1.807) is 24.1 Å². The van der Waals surface area contributed by atoms with E-state index >= 15 is 0 Å². The van der Waals surface area contributed by atoms with Gasteiger partial charge in [-0.1, -0.05) is 32.9 Å². The largest absolute Gasteiger partial charge is 0.343 e. The molecule has 1 heterocycles. The quantitative estimate of drug-likeness (QED) is 0.800. The highest BCUT2D eigenvalue weighted by Crippen LogP contribution is 2.22. The molecule has 8 heteroatoms. The molecule has 0 unspecified atom stereocenters. The summed E-state index contributed by atoms with van der Waals surface area (Å²) in [6, 6.07) is 7.31. The Bertz CT molecular complexity index is 805. The number of hydrogen-bond donors (Lipinski definition) is 1. The van der Waals surface area contributed by atoms with E-state index in [4.69, 9.17) is 0 Å². The molecule has 28 heavy (non-hydrogen) atoms. The highest BCUT2D eigenvalue weighted by molar-refractivity contribution is 7.88. The summed E-state index contributed by atoms with van der Waals surface area (Å²) in [4.78, 5) is 26.3. The Kier molecular flexibility index (Phi) is 6.88. The lowest BCUT2D eigenvalue weighted by Gasteiger charge is -2.35. The van der Waals surface area contributed by atoms with E-state index in [2.05, 4.69) is 26.1 Å². The van der Waals surface area contributed by atoms with Gasteiger partial charge < -0.3 is 10.2 Å². The van der Waals surface area contributed by atoms with Crippen LogP contribution in [0.5, 0.6) is 0 Å². The lowest BCUT2D eigenvalue weighted by molar-refractivity contribution is -0.131. The smallest absolute Gasteiger partial charge is 0.251 e. The van der Waals surface area contributed by atoms with E-state index in [9.17, 15) is 18.0 Å². The normalized spacial score (nSPS) is 16.3. The van der Waals surface area contributed by atoms with Crippen LogP contribution in [0.3, 0.4) is 0 Å². The first-order chi connectivity index (χ1) is 12.9.